The molecule has 7 heteroatoms. The van der Waals surface area contributed by atoms with Crippen LogP contribution in [0.3, 0.4) is 0 Å². The van der Waals surface area contributed by atoms with Crippen molar-refractivity contribution in [2.75, 3.05) is 76.9 Å². The summed E-state index contributed by atoms with van der Waals surface area (Å²) in [5, 5.41) is 3.52. The van der Waals surface area contributed by atoms with Crippen LogP contribution in [0.15, 0.2) is 29.3 Å². The van der Waals surface area contributed by atoms with E-state index in [1.807, 2.05) is 0 Å². The minimum Gasteiger partial charge on any atom is -0.368 e. The largest absolute Gasteiger partial charge is 0.368 e. The second-order valence-corrected chi connectivity index (χ2v) is 8.00. The van der Waals surface area contributed by atoms with Gasteiger partial charge in [-0.3, -0.25) is 14.8 Å². The highest BCUT2D eigenvalue weighted by Gasteiger charge is 2.31. The lowest BCUT2D eigenvalue weighted by molar-refractivity contribution is 0.0173. The third-order valence-electron chi connectivity index (χ3n) is 6.12. The number of benzene rings is 1. The summed E-state index contributed by atoms with van der Waals surface area (Å²) in [6.07, 6.45) is 0. The number of hydrogen-bond acceptors (Lipinski definition) is 4. The minimum absolute atomic E-state index is 0. The number of guanidine groups is 1. The molecule has 0 aromatic heterocycles. The van der Waals surface area contributed by atoms with Crippen molar-refractivity contribution in [3.05, 3.63) is 29.8 Å². The van der Waals surface area contributed by atoms with Gasteiger partial charge in [0.1, 0.15) is 0 Å². The first-order valence-electron chi connectivity index (χ1n) is 10.5. The van der Waals surface area contributed by atoms with Gasteiger partial charge in [0.05, 0.1) is 6.54 Å². The predicted octanol–water partition coefficient (Wildman–Crippen LogP) is 1.70. The SMILES string of the molecule is CCNC(=NCC1CN2CCN1CC2)N1CCN(c2cccc(C)c2)CC1.I. The Morgan fingerprint density at radius 3 is 2.43 bits per heavy atom. The molecule has 4 aliphatic heterocycles. The lowest BCUT2D eigenvalue weighted by Crippen LogP contribution is -2.62. The van der Waals surface area contributed by atoms with Gasteiger partial charge in [0, 0.05) is 77.2 Å². The van der Waals surface area contributed by atoms with Crippen LogP contribution in [-0.4, -0.2) is 98.7 Å². The van der Waals surface area contributed by atoms with Crippen molar-refractivity contribution in [2.45, 2.75) is 19.9 Å². The number of aryl methyl sites for hydroxylation is 1. The Balaban J connectivity index is 0.00000225. The maximum Gasteiger partial charge on any atom is 0.194 e. The Morgan fingerprint density at radius 2 is 1.82 bits per heavy atom. The van der Waals surface area contributed by atoms with Gasteiger partial charge in [-0.15, -0.1) is 24.0 Å². The quantitative estimate of drug-likeness (QED) is 0.389. The van der Waals surface area contributed by atoms with E-state index in [1.54, 1.807) is 0 Å². The van der Waals surface area contributed by atoms with Crippen LogP contribution in [0.1, 0.15) is 12.5 Å². The first kappa shape index (κ1) is 21.6. The van der Waals surface area contributed by atoms with Gasteiger partial charge in [0.25, 0.3) is 0 Å². The molecule has 6 nitrogen and oxygen atoms in total. The zero-order valence-corrected chi connectivity index (χ0v) is 19.6. The summed E-state index contributed by atoms with van der Waals surface area (Å²) in [4.78, 5) is 15.2. The Morgan fingerprint density at radius 1 is 1.07 bits per heavy atom. The van der Waals surface area contributed by atoms with Crippen LogP contribution in [0, 0.1) is 6.92 Å². The monoisotopic (exact) mass is 498 g/mol. The van der Waals surface area contributed by atoms with Gasteiger partial charge in [-0.05, 0) is 31.5 Å². The lowest BCUT2D eigenvalue weighted by Gasteiger charge is -2.47. The van der Waals surface area contributed by atoms with Gasteiger partial charge in [0.15, 0.2) is 5.96 Å². The summed E-state index contributed by atoms with van der Waals surface area (Å²) < 4.78 is 0. The topological polar surface area (TPSA) is 37.4 Å². The van der Waals surface area contributed by atoms with Gasteiger partial charge >= 0.3 is 0 Å². The number of nitrogens with one attached hydrogen (secondary N) is 1. The van der Waals surface area contributed by atoms with E-state index in [2.05, 4.69) is 63.0 Å². The van der Waals surface area contributed by atoms with Gasteiger partial charge in [-0.1, -0.05) is 12.1 Å². The number of piperazine rings is 4. The third kappa shape index (κ3) is 5.10. The van der Waals surface area contributed by atoms with E-state index >= 15 is 0 Å². The lowest BCUT2D eigenvalue weighted by atomic mass is 10.1. The molecule has 0 spiro atoms. The molecule has 1 aromatic carbocycles. The average Bonchev–Trinajstić information content (AvgIpc) is 2.72. The zero-order valence-electron chi connectivity index (χ0n) is 17.3. The molecule has 1 unspecified atom stereocenters. The van der Waals surface area contributed by atoms with Crippen molar-refractivity contribution in [3.8, 4) is 0 Å². The van der Waals surface area contributed by atoms with Crippen LogP contribution in [0.4, 0.5) is 5.69 Å². The third-order valence-corrected chi connectivity index (χ3v) is 6.12. The first-order chi connectivity index (χ1) is 13.2. The van der Waals surface area contributed by atoms with E-state index in [0.717, 1.165) is 45.2 Å². The molecule has 28 heavy (non-hydrogen) atoms. The first-order valence-corrected chi connectivity index (χ1v) is 10.5. The van der Waals surface area contributed by atoms with E-state index in [4.69, 9.17) is 4.99 Å². The van der Waals surface area contributed by atoms with E-state index in [-0.39, 0.29) is 24.0 Å². The van der Waals surface area contributed by atoms with Crippen LogP contribution in [0.2, 0.25) is 0 Å². The second kappa shape index (κ2) is 10.1. The highest BCUT2D eigenvalue weighted by atomic mass is 127. The smallest absolute Gasteiger partial charge is 0.194 e. The van der Waals surface area contributed by atoms with E-state index in [9.17, 15) is 0 Å². The van der Waals surface area contributed by atoms with Gasteiger partial charge < -0.3 is 15.1 Å². The molecule has 0 amide bonds. The second-order valence-electron chi connectivity index (χ2n) is 8.00. The molecule has 2 bridgehead atoms. The number of aliphatic imine (C=N–C) groups is 1. The number of hydrogen-bond donors (Lipinski definition) is 1. The molecule has 4 fully saturated rings. The molecule has 1 atom stereocenters. The summed E-state index contributed by atoms with van der Waals surface area (Å²) >= 11 is 0. The van der Waals surface area contributed by atoms with Crippen molar-refractivity contribution in [1.82, 2.24) is 20.0 Å². The number of nitrogens with zero attached hydrogens (tertiary/aromatic N) is 5. The van der Waals surface area contributed by atoms with Gasteiger partial charge in [-0.2, -0.15) is 0 Å². The molecule has 1 N–H and O–H groups in total. The fourth-order valence-corrected chi connectivity index (χ4v) is 4.52. The zero-order chi connectivity index (χ0) is 18.6. The Labute approximate surface area is 187 Å². The fourth-order valence-electron chi connectivity index (χ4n) is 4.52. The predicted molar refractivity (Wildman–Crippen MR) is 128 cm³/mol. The summed E-state index contributed by atoms with van der Waals surface area (Å²) in [5.41, 5.74) is 2.68. The van der Waals surface area contributed by atoms with E-state index < -0.39 is 0 Å². The minimum atomic E-state index is 0. The molecule has 156 valence electrons. The molecule has 4 aliphatic rings. The number of anilines is 1. The molecular weight excluding hydrogens is 463 g/mol. The summed E-state index contributed by atoms with van der Waals surface area (Å²) in [6.45, 7) is 16.4. The van der Waals surface area contributed by atoms with Gasteiger partial charge in [0.2, 0.25) is 0 Å². The van der Waals surface area contributed by atoms with Crippen LogP contribution in [0.5, 0.6) is 0 Å². The average molecular weight is 498 g/mol. The maximum atomic E-state index is 5.04. The summed E-state index contributed by atoms with van der Waals surface area (Å²) in [6, 6.07) is 9.43. The molecule has 0 radical (unpaired) electrons. The molecule has 0 aliphatic carbocycles. The maximum absolute atomic E-state index is 5.04. The van der Waals surface area contributed by atoms with Crippen LogP contribution in [-0.2, 0) is 0 Å². The summed E-state index contributed by atoms with van der Waals surface area (Å²) in [5.74, 6) is 1.10. The Hall–Kier alpha value is -1.06. The van der Waals surface area contributed by atoms with Crippen molar-refractivity contribution in [3.63, 3.8) is 0 Å². The fraction of sp³-hybridized carbons (Fsp3) is 0.667. The molecule has 4 saturated heterocycles. The van der Waals surface area contributed by atoms with Crippen LogP contribution < -0.4 is 10.2 Å². The normalized spacial score (nSPS) is 27.5. The molecule has 0 saturated carbocycles. The Kier molecular flexibility index (Phi) is 7.82. The van der Waals surface area contributed by atoms with Crippen LogP contribution in [0.25, 0.3) is 0 Å². The number of halogens is 1. The molecular formula is C21H35IN6. The highest BCUT2D eigenvalue weighted by molar-refractivity contribution is 14.0. The van der Waals surface area contributed by atoms with Gasteiger partial charge in [-0.25, -0.2) is 0 Å². The van der Waals surface area contributed by atoms with Crippen molar-refractivity contribution < 1.29 is 0 Å². The molecule has 1 aromatic rings. The molecule has 4 heterocycles. The van der Waals surface area contributed by atoms with Crippen molar-refractivity contribution in [2.24, 2.45) is 4.99 Å². The summed E-state index contributed by atoms with van der Waals surface area (Å²) in [7, 11) is 0. The van der Waals surface area contributed by atoms with Crippen LogP contribution >= 0.6 is 24.0 Å². The number of rotatable bonds is 4. The Bertz CT molecular complexity index is 650. The van der Waals surface area contributed by atoms with E-state index in [0.29, 0.717) is 6.04 Å². The van der Waals surface area contributed by atoms with Crippen molar-refractivity contribution in [1.29, 1.82) is 0 Å². The standard InChI is InChI=1S/C21H34N6.HI/c1-3-22-21(23-16-20-17-24-7-9-26(20)10-8-24)27-13-11-25(12-14-27)19-6-4-5-18(2)15-19;/h4-6,15,20H,3,7-14,16-17H2,1-2H3,(H,22,23);1H. The number of fused-ring (bicyclic) bond motifs is 3. The molecule has 5 rings (SSSR count). The highest BCUT2D eigenvalue weighted by Crippen LogP contribution is 2.18. The van der Waals surface area contributed by atoms with Crippen molar-refractivity contribution >= 4 is 35.6 Å². The van der Waals surface area contributed by atoms with E-state index in [1.165, 1.54) is 44.0 Å².